The summed E-state index contributed by atoms with van der Waals surface area (Å²) in [4.78, 5) is 25.1. The first-order valence-corrected chi connectivity index (χ1v) is 10.7. The van der Waals surface area contributed by atoms with Crippen molar-refractivity contribution in [2.75, 3.05) is 56.2 Å². The Bertz CT molecular complexity index is 788. The lowest BCUT2D eigenvalue weighted by Gasteiger charge is -2.34. The molecular weight excluding hydrogens is 390 g/mol. The summed E-state index contributed by atoms with van der Waals surface area (Å²) in [6, 6.07) is 4.27. The van der Waals surface area contributed by atoms with Crippen LogP contribution in [0.2, 0.25) is 5.02 Å². The molecule has 2 fully saturated rings. The second kappa shape index (κ2) is 9.54. The summed E-state index contributed by atoms with van der Waals surface area (Å²) in [6.07, 6.45) is 6.61. The van der Waals surface area contributed by atoms with Crippen LogP contribution >= 0.6 is 11.6 Å². The standard InChI is InChI=1S/C20H28ClN7O/c1-29-20-24-18(27-8-4-2-3-5-9-27)23-19(25-20)28-12-10-26(11-13-28)15-17-7-6-16(21)14-22-17/h6-7,14H,2-5,8-13,15H2,1H3. The number of ether oxygens (including phenoxy) is 1. The summed E-state index contributed by atoms with van der Waals surface area (Å²) < 4.78 is 5.37. The van der Waals surface area contributed by atoms with Gasteiger partial charge in [0.25, 0.3) is 0 Å². The van der Waals surface area contributed by atoms with E-state index in [-0.39, 0.29) is 0 Å². The Morgan fingerprint density at radius 1 is 0.862 bits per heavy atom. The molecule has 2 aliphatic rings. The number of methoxy groups -OCH3 is 1. The Morgan fingerprint density at radius 3 is 2.10 bits per heavy atom. The summed E-state index contributed by atoms with van der Waals surface area (Å²) in [5.41, 5.74) is 1.04. The predicted molar refractivity (Wildman–Crippen MR) is 114 cm³/mol. The third-order valence-electron chi connectivity index (χ3n) is 5.49. The van der Waals surface area contributed by atoms with Gasteiger partial charge in [-0.3, -0.25) is 9.88 Å². The lowest BCUT2D eigenvalue weighted by Crippen LogP contribution is -2.46. The van der Waals surface area contributed by atoms with Crippen LogP contribution < -0.4 is 14.5 Å². The largest absolute Gasteiger partial charge is 0.467 e. The van der Waals surface area contributed by atoms with Gasteiger partial charge in [0.2, 0.25) is 11.9 Å². The smallest absolute Gasteiger partial charge is 0.322 e. The molecule has 156 valence electrons. The first kappa shape index (κ1) is 20.1. The van der Waals surface area contributed by atoms with E-state index in [1.807, 2.05) is 12.1 Å². The topological polar surface area (TPSA) is 70.5 Å². The highest BCUT2D eigenvalue weighted by molar-refractivity contribution is 6.30. The third kappa shape index (κ3) is 5.25. The zero-order chi connectivity index (χ0) is 20.1. The molecule has 2 saturated heterocycles. The number of nitrogens with zero attached hydrogens (tertiary/aromatic N) is 7. The van der Waals surface area contributed by atoms with Gasteiger partial charge < -0.3 is 14.5 Å². The molecule has 0 bridgehead atoms. The molecule has 0 amide bonds. The van der Waals surface area contributed by atoms with Crippen molar-refractivity contribution in [3.8, 4) is 6.01 Å². The second-order valence-electron chi connectivity index (χ2n) is 7.55. The van der Waals surface area contributed by atoms with E-state index in [1.165, 1.54) is 25.7 Å². The van der Waals surface area contributed by atoms with Crippen LogP contribution in [0.3, 0.4) is 0 Å². The van der Waals surface area contributed by atoms with Crippen LogP contribution in [-0.4, -0.2) is 71.2 Å². The van der Waals surface area contributed by atoms with Crippen LogP contribution in [0.25, 0.3) is 0 Å². The van der Waals surface area contributed by atoms with Gasteiger partial charge in [-0.25, -0.2) is 0 Å². The maximum Gasteiger partial charge on any atom is 0.322 e. The molecule has 0 aliphatic carbocycles. The van der Waals surface area contributed by atoms with Crippen LogP contribution in [0.1, 0.15) is 31.4 Å². The zero-order valence-electron chi connectivity index (χ0n) is 16.9. The van der Waals surface area contributed by atoms with Gasteiger partial charge >= 0.3 is 6.01 Å². The van der Waals surface area contributed by atoms with Crippen molar-refractivity contribution in [2.24, 2.45) is 0 Å². The maximum absolute atomic E-state index is 5.93. The van der Waals surface area contributed by atoms with Gasteiger partial charge in [-0.15, -0.1) is 0 Å². The molecule has 9 heteroatoms. The minimum atomic E-state index is 0.391. The van der Waals surface area contributed by atoms with Gasteiger partial charge in [-0.1, -0.05) is 24.4 Å². The fourth-order valence-corrected chi connectivity index (χ4v) is 3.93. The monoisotopic (exact) mass is 417 g/mol. The molecule has 2 aliphatic heterocycles. The Morgan fingerprint density at radius 2 is 1.52 bits per heavy atom. The average Bonchev–Trinajstić information content (AvgIpc) is 3.05. The summed E-state index contributed by atoms with van der Waals surface area (Å²) in [7, 11) is 1.61. The van der Waals surface area contributed by atoms with Crippen molar-refractivity contribution in [1.29, 1.82) is 0 Å². The van der Waals surface area contributed by atoms with Crippen LogP contribution in [0, 0.1) is 0 Å². The van der Waals surface area contributed by atoms with Crippen molar-refractivity contribution in [3.05, 3.63) is 29.0 Å². The molecule has 8 nitrogen and oxygen atoms in total. The lowest BCUT2D eigenvalue weighted by atomic mass is 10.2. The van der Waals surface area contributed by atoms with Crippen molar-refractivity contribution in [2.45, 2.75) is 32.2 Å². The minimum Gasteiger partial charge on any atom is -0.467 e. The molecule has 2 aromatic heterocycles. The predicted octanol–water partition coefficient (Wildman–Crippen LogP) is 2.63. The van der Waals surface area contributed by atoms with Gasteiger partial charge in [0.15, 0.2) is 0 Å². The molecule has 29 heavy (non-hydrogen) atoms. The molecule has 4 rings (SSSR count). The van der Waals surface area contributed by atoms with Crippen LogP contribution in [-0.2, 0) is 6.54 Å². The van der Waals surface area contributed by atoms with Gasteiger partial charge in [-0.05, 0) is 25.0 Å². The molecule has 0 radical (unpaired) electrons. The molecule has 0 aromatic carbocycles. The van der Waals surface area contributed by atoms with E-state index in [9.17, 15) is 0 Å². The summed E-state index contributed by atoms with van der Waals surface area (Å²) in [5, 5.41) is 0.669. The van der Waals surface area contributed by atoms with Crippen LogP contribution in [0.4, 0.5) is 11.9 Å². The summed E-state index contributed by atoms with van der Waals surface area (Å²) in [5.74, 6) is 1.45. The first-order valence-electron chi connectivity index (χ1n) is 10.3. The number of hydrogen-bond donors (Lipinski definition) is 0. The molecule has 0 spiro atoms. The normalized spacial score (nSPS) is 18.6. The van der Waals surface area contributed by atoms with E-state index in [0.717, 1.165) is 57.5 Å². The fraction of sp³-hybridized carbons (Fsp3) is 0.600. The average molecular weight is 418 g/mol. The second-order valence-corrected chi connectivity index (χ2v) is 7.99. The number of hydrogen-bond acceptors (Lipinski definition) is 8. The number of anilines is 2. The van der Waals surface area contributed by atoms with Gasteiger partial charge in [0.1, 0.15) is 0 Å². The number of piperazine rings is 1. The Balaban J connectivity index is 1.41. The van der Waals surface area contributed by atoms with Crippen molar-refractivity contribution >= 4 is 23.5 Å². The molecule has 0 unspecified atom stereocenters. The van der Waals surface area contributed by atoms with E-state index >= 15 is 0 Å². The maximum atomic E-state index is 5.93. The molecule has 0 saturated carbocycles. The SMILES string of the molecule is COc1nc(N2CCCCCC2)nc(N2CCN(Cc3ccc(Cl)cn3)CC2)n1. The zero-order valence-corrected chi connectivity index (χ0v) is 17.7. The van der Waals surface area contributed by atoms with Crippen LogP contribution in [0.15, 0.2) is 18.3 Å². The van der Waals surface area contributed by atoms with Gasteiger partial charge in [-0.2, -0.15) is 15.0 Å². The van der Waals surface area contributed by atoms with E-state index in [4.69, 9.17) is 21.3 Å². The summed E-state index contributed by atoms with van der Waals surface area (Å²) in [6.45, 7) is 6.39. The Kier molecular flexibility index (Phi) is 6.61. The number of halogens is 1. The molecule has 0 N–H and O–H groups in total. The van der Waals surface area contributed by atoms with Crippen molar-refractivity contribution < 1.29 is 4.74 Å². The highest BCUT2D eigenvalue weighted by Crippen LogP contribution is 2.22. The molecule has 4 heterocycles. The fourth-order valence-electron chi connectivity index (χ4n) is 3.82. The van der Waals surface area contributed by atoms with E-state index in [1.54, 1.807) is 13.3 Å². The molecular formula is C20H28ClN7O. The summed E-state index contributed by atoms with van der Waals surface area (Å²) >= 11 is 5.93. The van der Waals surface area contributed by atoms with Crippen LogP contribution in [0.5, 0.6) is 6.01 Å². The quantitative estimate of drug-likeness (QED) is 0.735. The van der Waals surface area contributed by atoms with Crippen molar-refractivity contribution in [1.82, 2.24) is 24.8 Å². The Labute approximate surface area is 176 Å². The lowest BCUT2D eigenvalue weighted by molar-refractivity contribution is 0.245. The van der Waals surface area contributed by atoms with E-state index in [0.29, 0.717) is 17.0 Å². The number of aromatic nitrogens is 4. The first-order chi connectivity index (χ1) is 14.2. The van der Waals surface area contributed by atoms with E-state index < -0.39 is 0 Å². The number of pyridine rings is 1. The van der Waals surface area contributed by atoms with Crippen molar-refractivity contribution in [3.63, 3.8) is 0 Å². The highest BCUT2D eigenvalue weighted by atomic mass is 35.5. The number of rotatable bonds is 5. The molecule has 0 atom stereocenters. The van der Waals surface area contributed by atoms with E-state index in [2.05, 4.69) is 29.7 Å². The third-order valence-corrected chi connectivity index (χ3v) is 5.72. The Hall–Kier alpha value is -2.19. The highest BCUT2D eigenvalue weighted by Gasteiger charge is 2.23. The molecule has 2 aromatic rings. The van der Waals surface area contributed by atoms with Gasteiger partial charge in [0.05, 0.1) is 17.8 Å². The van der Waals surface area contributed by atoms with Gasteiger partial charge in [0, 0.05) is 52.0 Å². The minimum absolute atomic E-state index is 0.391.